The van der Waals surface area contributed by atoms with Crippen molar-refractivity contribution in [3.05, 3.63) is 23.9 Å². The molecule has 3 nitrogen and oxygen atoms in total. The summed E-state index contributed by atoms with van der Waals surface area (Å²) in [6.07, 6.45) is 8.70. The number of nitrogens with zero attached hydrogens (tertiary/aromatic N) is 2. The normalized spacial score (nSPS) is 16.8. The van der Waals surface area contributed by atoms with Crippen molar-refractivity contribution in [2.75, 3.05) is 18.5 Å². The van der Waals surface area contributed by atoms with Crippen LogP contribution in [0.3, 0.4) is 0 Å². The molecule has 0 aliphatic heterocycles. The first kappa shape index (κ1) is 13.3. The first-order chi connectivity index (χ1) is 8.81. The maximum atomic E-state index is 4.52. The van der Waals surface area contributed by atoms with Crippen molar-refractivity contribution >= 4 is 5.82 Å². The Hall–Kier alpha value is -1.09. The average Bonchev–Trinajstić information content (AvgIpc) is 2.45. The summed E-state index contributed by atoms with van der Waals surface area (Å²) in [6.45, 7) is 4.08. The van der Waals surface area contributed by atoms with Crippen molar-refractivity contribution in [3.8, 4) is 0 Å². The van der Waals surface area contributed by atoms with Crippen LogP contribution < -0.4 is 10.2 Å². The van der Waals surface area contributed by atoms with E-state index in [4.69, 9.17) is 0 Å². The Kier molecular flexibility index (Phi) is 5.00. The van der Waals surface area contributed by atoms with Gasteiger partial charge in [0.25, 0.3) is 0 Å². The SMILES string of the molecule is CCNCc1ccnc(N(C)C2CCCCC2)c1. The number of anilines is 1. The second kappa shape index (κ2) is 6.74. The molecule has 1 saturated carbocycles. The molecule has 1 N–H and O–H groups in total. The number of nitrogens with one attached hydrogen (secondary N) is 1. The molecule has 1 aromatic rings. The first-order valence-corrected chi connectivity index (χ1v) is 7.19. The lowest BCUT2D eigenvalue weighted by Gasteiger charge is -2.32. The zero-order valence-electron chi connectivity index (χ0n) is 11.7. The van der Waals surface area contributed by atoms with Crippen molar-refractivity contribution in [2.24, 2.45) is 0 Å². The zero-order chi connectivity index (χ0) is 12.8. The van der Waals surface area contributed by atoms with E-state index in [9.17, 15) is 0 Å². The second-order valence-electron chi connectivity index (χ2n) is 5.21. The van der Waals surface area contributed by atoms with E-state index in [-0.39, 0.29) is 0 Å². The van der Waals surface area contributed by atoms with Gasteiger partial charge in [-0.05, 0) is 37.1 Å². The van der Waals surface area contributed by atoms with Gasteiger partial charge in [-0.25, -0.2) is 4.98 Å². The van der Waals surface area contributed by atoms with Gasteiger partial charge < -0.3 is 10.2 Å². The summed E-state index contributed by atoms with van der Waals surface area (Å²) in [5.74, 6) is 1.12. The summed E-state index contributed by atoms with van der Waals surface area (Å²) in [5, 5.41) is 3.36. The molecule has 2 rings (SSSR count). The maximum Gasteiger partial charge on any atom is 0.128 e. The predicted molar refractivity (Wildman–Crippen MR) is 76.9 cm³/mol. The van der Waals surface area contributed by atoms with E-state index in [0.717, 1.165) is 18.9 Å². The van der Waals surface area contributed by atoms with E-state index < -0.39 is 0 Å². The lowest BCUT2D eigenvalue weighted by molar-refractivity contribution is 0.426. The van der Waals surface area contributed by atoms with Crippen molar-refractivity contribution < 1.29 is 0 Å². The molecular weight excluding hydrogens is 222 g/mol. The molecule has 1 aromatic heterocycles. The van der Waals surface area contributed by atoms with Crippen LogP contribution in [-0.2, 0) is 6.54 Å². The van der Waals surface area contributed by atoms with Gasteiger partial charge in [-0.3, -0.25) is 0 Å². The standard InChI is InChI=1S/C15H25N3/c1-3-16-12-13-9-10-17-15(11-13)18(2)14-7-5-4-6-8-14/h9-11,14,16H,3-8,12H2,1-2H3. The summed E-state index contributed by atoms with van der Waals surface area (Å²) < 4.78 is 0. The number of hydrogen-bond acceptors (Lipinski definition) is 3. The van der Waals surface area contributed by atoms with Gasteiger partial charge in [0.1, 0.15) is 5.82 Å². The third-order valence-corrected chi connectivity index (χ3v) is 3.87. The largest absolute Gasteiger partial charge is 0.357 e. The molecule has 1 fully saturated rings. The van der Waals surface area contributed by atoms with Crippen LogP contribution in [0.1, 0.15) is 44.6 Å². The molecule has 1 heterocycles. The van der Waals surface area contributed by atoms with Gasteiger partial charge in [0.2, 0.25) is 0 Å². The fraction of sp³-hybridized carbons (Fsp3) is 0.667. The Morgan fingerprint density at radius 3 is 2.83 bits per heavy atom. The molecule has 0 amide bonds. The Morgan fingerprint density at radius 1 is 1.33 bits per heavy atom. The molecule has 0 bridgehead atoms. The molecule has 18 heavy (non-hydrogen) atoms. The summed E-state index contributed by atoms with van der Waals surface area (Å²) >= 11 is 0. The van der Waals surface area contributed by atoms with Gasteiger partial charge in [-0.1, -0.05) is 26.2 Å². The second-order valence-corrected chi connectivity index (χ2v) is 5.21. The highest BCUT2D eigenvalue weighted by Gasteiger charge is 2.19. The predicted octanol–water partition coefficient (Wildman–Crippen LogP) is 2.96. The molecule has 0 atom stereocenters. The monoisotopic (exact) mass is 247 g/mol. The smallest absolute Gasteiger partial charge is 0.128 e. The molecule has 0 aromatic carbocycles. The van der Waals surface area contributed by atoms with Crippen LogP contribution in [0.25, 0.3) is 0 Å². The molecule has 0 unspecified atom stereocenters. The van der Waals surface area contributed by atoms with Gasteiger partial charge in [0, 0.05) is 25.8 Å². The average molecular weight is 247 g/mol. The van der Waals surface area contributed by atoms with Crippen molar-refractivity contribution in [1.82, 2.24) is 10.3 Å². The molecule has 0 radical (unpaired) electrons. The molecule has 100 valence electrons. The Balaban J connectivity index is 2.02. The third-order valence-electron chi connectivity index (χ3n) is 3.87. The molecule has 1 aliphatic carbocycles. The van der Waals surface area contributed by atoms with Gasteiger partial charge in [0.15, 0.2) is 0 Å². The maximum absolute atomic E-state index is 4.52. The third kappa shape index (κ3) is 3.45. The molecule has 1 aliphatic rings. The number of hydrogen-bond donors (Lipinski definition) is 1. The van der Waals surface area contributed by atoms with E-state index in [0.29, 0.717) is 6.04 Å². The number of rotatable bonds is 5. The van der Waals surface area contributed by atoms with Crippen LogP contribution in [0.4, 0.5) is 5.82 Å². The molecular formula is C15H25N3. The molecule has 0 saturated heterocycles. The Bertz CT molecular complexity index is 359. The zero-order valence-corrected chi connectivity index (χ0v) is 11.7. The summed E-state index contributed by atoms with van der Waals surface area (Å²) in [6, 6.07) is 5.00. The molecule has 3 heteroatoms. The number of pyridine rings is 1. The molecule has 0 spiro atoms. The van der Waals surface area contributed by atoms with Crippen LogP contribution in [0.15, 0.2) is 18.3 Å². The minimum atomic E-state index is 0.681. The topological polar surface area (TPSA) is 28.2 Å². The van der Waals surface area contributed by atoms with Crippen molar-refractivity contribution in [2.45, 2.75) is 51.6 Å². The summed E-state index contributed by atoms with van der Waals surface area (Å²) in [7, 11) is 2.19. The van der Waals surface area contributed by atoms with Crippen LogP contribution >= 0.6 is 0 Å². The lowest BCUT2D eigenvalue weighted by Crippen LogP contribution is -2.34. The van der Waals surface area contributed by atoms with E-state index >= 15 is 0 Å². The number of aromatic nitrogens is 1. The lowest BCUT2D eigenvalue weighted by atomic mass is 9.94. The highest BCUT2D eigenvalue weighted by Crippen LogP contribution is 2.25. The van der Waals surface area contributed by atoms with Crippen LogP contribution in [0.2, 0.25) is 0 Å². The Labute approximate surface area is 111 Å². The van der Waals surface area contributed by atoms with E-state index in [1.165, 1.54) is 37.7 Å². The first-order valence-electron chi connectivity index (χ1n) is 7.19. The van der Waals surface area contributed by atoms with Gasteiger partial charge in [-0.2, -0.15) is 0 Å². The van der Waals surface area contributed by atoms with Crippen LogP contribution in [-0.4, -0.2) is 24.6 Å². The van der Waals surface area contributed by atoms with Gasteiger partial charge >= 0.3 is 0 Å². The minimum Gasteiger partial charge on any atom is -0.357 e. The highest BCUT2D eigenvalue weighted by molar-refractivity contribution is 5.41. The van der Waals surface area contributed by atoms with Crippen LogP contribution in [0, 0.1) is 0 Å². The fourth-order valence-electron chi connectivity index (χ4n) is 2.69. The highest BCUT2D eigenvalue weighted by atomic mass is 15.2. The summed E-state index contributed by atoms with van der Waals surface area (Å²) in [4.78, 5) is 6.89. The van der Waals surface area contributed by atoms with Crippen molar-refractivity contribution in [1.29, 1.82) is 0 Å². The minimum absolute atomic E-state index is 0.681. The van der Waals surface area contributed by atoms with E-state index in [2.05, 4.69) is 41.3 Å². The van der Waals surface area contributed by atoms with Gasteiger partial charge in [0.05, 0.1) is 0 Å². The summed E-state index contributed by atoms with van der Waals surface area (Å²) in [5.41, 5.74) is 1.32. The van der Waals surface area contributed by atoms with E-state index in [1.807, 2.05) is 6.20 Å². The van der Waals surface area contributed by atoms with Crippen molar-refractivity contribution in [3.63, 3.8) is 0 Å². The quantitative estimate of drug-likeness (QED) is 0.867. The fourth-order valence-corrected chi connectivity index (χ4v) is 2.69. The van der Waals surface area contributed by atoms with Gasteiger partial charge in [-0.15, -0.1) is 0 Å². The Morgan fingerprint density at radius 2 is 2.11 bits per heavy atom. The van der Waals surface area contributed by atoms with Crippen LogP contribution in [0.5, 0.6) is 0 Å². The van der Waals surface area contributed by atoms with E-state index in [1.54, 1.807) is 0 Å².